The summed E-state index contributed by atoms with van der Waals surface area (Å²) in [6, 6.07) is 5.81. The molecule has 0 radical (unpaired) electrons. The summed E-state index contributed by atoms with van der Waals surface area (Å²) in [5.41, 5.74) is 3.54. The lowest BCUT2D eigenvalue weighted by molar-refractivity contribution is 0.197. The number of urea groups is 1. The van der Waals surface area contributed by atoms with E-state index in [4.69, 9.17) is 0 Å². The second kappa shape index (κ2) is 5.86. The van der Waals surface area contributed by atoms with E-state index in [0.717, 1.165) is 4.47 Å². The molecule has 0 spiro atoms. The maximum absolute atomic E-state index is 12.4. The van der Waals surface area contributed by atoms with Gasteiger partial charge in [-0.25, -0.2) is 14.3 Å². The van der Waals surface area contributed by atoms with Crippen molar-refractivity contribution in [3.8, 4) is 0 Å². The summed E-state index contributed by atoms with van der Waals surface area (Å²) in [4.78, 5) is 22.6. The van der Waals surface area contributed by atoms with Crippen molar-refractivity contribution >= 4 is 27.7 Å². The van der Waals surface area contributed by atoms with Gasteiger partial charge in [0, 0.05) is 30.0 Å². The van der Waals surface area contributed by atoms with Gasteiger partial charge in [-0.1, -0.05) is 28.1 Å². The van der Waals surface area contributed by atoms with E-state index in [1.165, 1.54) is 16.7 Å². The molecule has 0 unspecified atom stereocenters. The molecule has 0 bridgehead atoms. The lowest BCUT2D eigenvalue weighted by atomic mass is 10.1. The van der Waals surface area contributed by atoms with Gasteiger partial charge in [-0.15, -0.1) is 5.10 Å². The van der Waals surface area contributed by atoms with Crippen LogP contribution < -0.4 is 5.32 Å². The number of nitrogens with one attached hydrogen (secondary N) is 1. The first-order chi connectivity index (χ1) is 11.6. The van der Waals surface area contributed by atoms with E-state index in [-0.39, 0.29) is 12.6 Å². The minimum absolute atomic E-state index is 0.123. The number of rotatable bonds is 2. The van der Waals surface area contributed by atoms with Crippen molar-refractivity contribution in [1.29, 1.82) is 0 Å². The third-order valence-corrected chi connectivity index (χ3v) is 5.19. The molecule has 1 aromatic carbocycles. The van der Waals surface area contributed by atoms with Crippen LogP contribution in [0, 0.1) is 6.92 Å². The van der Waals surface area contributed by atoms with E-state index >= 15 is 0 Å². The Balaban J connectivity index is 1.43. The fraction of sp³-hybridized carbons (Fsp3) is 0.250. The zero-order valence-electron chi connectivity index (χ0n) is 13.0. The number of benzene rings is 1. The SMILES string of the molecule is Cc1ccc2c(c1Br)CN(C(=O)NCc1nc3ncccn3n1)C2. The van der Waals surface area contributed by atoms with E-state index in [1.54, 1.807) is 27.9 Å². The number of hydrogen-bond donors (Lipinski definition) is 1. The Morgan fingerprint density at radius 3 is 3.08 bits per heavy atom. The number of carbonyl (C=O) groups excluding carboxylic acids is 1. The predicted molar refractivity (Wildman–Crippen MR) is 91.1 cm³/mol. The second-order valence-electron chi connectivity index (χ2n) is 5.74. The van der Waals surface area contributed by atoms with Crippen LogP contribution in [0.4, 0.5) is 4.79 Å². The standard InChI is InChI=1S/C16H15BrN6O/c1-10-3-4-11-8-22(9-12(11)14(10)17)16(24)19-7-13-20-15-18-5-2-6-23(15)21-13/h2-6H,7-9H2,1H3,(H,19,24). The third-order valence-electron chi connectivity index (χ3n) is 4.09. The van der Waals surface area contributed by atoms with E-state index in [0.29, 0.717) is 24.7 Å². The van der Waals surface area contributed by atoms with Crippen molar-refractivity contribution in [3.63, 3.8) is 0 Å². The number of amides is 2. The number of aryl methyl sites for hydroxylation is 1. The van der Waals surface area contributed by atoms with E-state index in [9.17, 15) is 4.79 Å². The topological polar surface area (TPSA) is 75.4 Å². The van der Waals surface area contributed by atoms with Crippen molar-refractivity contribution in [2.75, 3.05) is 0 Å². The number of hydrogen-bond acceptors (Lipinski definition) is 4. The molecule has 0 fully saturated rings. The van der Waals surface area contributed by atoms with Crippen LogP contribution in [0.15, 0.2) is 35.1 Å². The zero-order chi connectivity index (χ0) is 16.7. The molecule has 1 N–H and O–H groups in total. The molecule has 24 heavy (non-hydrogen) atoms. The molecule has 2 aromatic heterocycles. The first-order valence-corrected chi connectivity index (χ1v) is 8.37. The number of aromatic nitrogens is 4. The number of fused-ring (bicyclic) bond motifs is 2. The quantitative estimate of drug-likeness (QED) is 0.733. The van der Waals surface area contributed by atoms with Crippen LogP contribution in [-0.4, -0.2) is 30.5 Å². The molecule has 8 heteroatoms. The van der Waals surface area contributed by atoms with Gasteiger partial charge in [0.2, 0.25) is 0 Å². The Labute approximate surface area is 146 Å². The normalized spacial score (nSPS) is 13.3. The van der Waals surface area contributed by atoms with E-state index in [1.807, 2.05) is 0 Å². The van der Waals surface area contributed by atoms with Crippen molar-refractivity contribution in [2.45, 2.75) is 26.6 Å². The highest BCUT2D eigenvalue weighted by Crippen LogP contribution is 2.31. The molecule has 0 atom stereocenters. The molecular weight excluding hydrogens is 372 g/mol. The average molecular weight is 387 g/mol. The van der Waals surface area contributed by atoms with Crippen LogP contribution >= 0.6 is 15.9 Å². The number of halogens is 1. The van der Waals surface area contributed by atoms with Crippen LogP contribution in [0.25, 0.3) is 5.78 Å². The summed E-state index contributed by atoms with van der Waals surface area (Å²) < 4.78 is 2.68. The summed E-state index contributed by atoms with van der Waals surface area (Å²) >= 11 is 3.62. The van der Waals surface area contributed by atoms with Gasteiger partial charge in [0.25, 0.3) is 5.78 Å². The molecule has 1 aliphatic heterocycles. The molecule has 0 saturated heterocycles. The lowest BCUT2D eigenvalue weighted by Gasteiger charge is -2.15. The van der Waals surface area contributed by atoms with Gasteiger partial charge < -0.3 is 10.2 Å². The Kier molecular flexibility index (Phi) is 3.68. The zero-order valence-corrected chi connectivity index (χ0v) is 14.6. The smallest absolute Gasteiger partial charge is 0.318 e. The van der Waals surface area contributed by atoms with Crippen LogP contribution in [0.2, 0.25) is 0 Å². The van der Waals surface area contributed by atoms with Crippen molar-refractivity contribution in [2.24, 2.45) is 0 Å². The van der Waals surface area contributed by atoms with Gasteiger partial charge in [-0.3, -0.25) is 0 Å². The summed E-state index contributed by atoms with van der Waals surface area (Å²) in [5.74, 6) is 1.06. The largest absolute Gasteiger partial charge is 0.331 e. The van der Waals surface area contributed by atoms with Crippen LogP contribution in [0.1, 0.15) is 22.5 Å². The summed E-state index contributed by atoms with van der Waals surface area (Å²) in [6.07, 6.45) is 3.44. The highest BCUT2D eigenvalue weighted by molar-refractivity contribution is 9.10. The van der Waals surface area contributed by atoms with Gasteiger partial charge in [0.1, 0.15) is 0 Å². The first-order valence-electron chi connectivity index (χ1n) is 7.58. The molecule has 1 aliphatic rings. The highest BCUT2D eigenvalue weighted by atomic mass is 79.9. The molecule has 7 nitrogen and oxygen atoms in total. The van der Waals surface area contributed by atoms with Gasteiger partial charge in [-0.2, -0.15) is 4.98 Å². The second-order valence-corrected chi connectivity index (χ2v) is 6.53. The van der Waals surface area contributed by atoms with E-state index in [2.05, 4.69) is 55.4 Å². The Hall–Kier alpha value is -2.48. The molecule has 3 aromatic rings. The average Bonchev–Trinajstić information content (AvgIpc) is 3.20. The van der Waals surface area contributed by atoms with Crippen LogP contribution in [0.5, 0.6) is 0 Å². The number of carbonyl (C=O) groups is 1. The molecule has 4 rings (SSSR count). The first kappa shape index (κ1) is 15.1. The molecule has 3 heterocycles. The minimum Gasteiger partial charge on any atom is -0.331 e. The maximum Gasteiger partial charge on any atom is 0.318 e. The van der Waals surface area contributed by atoms with Crippen molar-refractivity contribution in [3.05, 3.63) is 57.6 Å². The molecule has 0 saturated carbocycles. The minimum atomic E-state index is -0.123. The summed E-state index contributed by atoms with van der Waals surface area (Å²) in [6.45, 7) is 3.54. The monoisotopic (exact) mass is 386 g/mol. The van der Waals surface area contributed by atoms with Crippen LogP contribution in [-0.2, 0) is 19.6 Å². The molecule has 122 valence electrons. The van der Waals surface area contributed by atoms with E-state index < -0.39 is 0 Å². The number of nitrogens with zero attached hydrogens (tertiary/aromatic N) is 5. The fourth-order valence-electron chi connectivity index (χ4n) is 2.81. The van der Waals surface area contributed by atoms with Gasteiger partial charge in [-0.05, 0) is 29.7 Å². The van der Waals surface area contributed by atoms with Gasteiger partial charge in [0.05, 0.1) is 6.54 Å². The summed E-state index contributed by atoms with van der Waals surface area (Å²) in [5, 5.41) is 7.16. The third kappa shape index (κ3) is 2.62. The Bertz CT molecular complexity index is 904. The van der Waals surface area contributed by atoms with Gasteiger partial charge in [0.15, 0.2) is 5.82 Å². The Morgan fingerprint density at radius 2 is 2.25 bits per heavy atom. The molecule has 0 aliphatic carbocycles. The van der Waals surface area contributed by atoms with Crippen LogP contribution in [0.3, 0.4) is 0 Å². The maximum atomic E-state index is 12.4. The fourth-order valence-corrected chi connectivity index (χ4v) is 3.32. The summed E-state index contributed by atoms with van der Waals surface area (Å²) in [7, 11) is 0. The highest BCUT2D eigenvalue weighted by Gasteiger charge is 2.25. The predicted octanol–water partition coefficient (Wildman–Crippen LogP) is 2.42. The Morgan fingerprint density at radius 1 is 1.38 bits per heavy atom. The van der Waals surface area contributed by atoms with Crippen molar-refractivity contribution in [1.82, 2.24) is 29.8 Å². The lowest BCUT2D eigenvalue weighted by Crippen LogP contribution is -2.36. The molecule has 2 amide bonds. The molecular formula is C16H15BrN6O. The van der Waals surface area contributed by atoms with Crippen molar-refractivity contribution < 1.29 is 4.79 Å². The van der Waals surface area contributed by atoms with Gasteiger partial charge >= 0.3 is 6.03 Å².